The van der Waals surface area contributed by atoms with E-state index in [9.17, 15) is 8.78 Å². The van der Waals surface area contributed by atoms with E-state index in [1.165, 1.54) is 0 Å². The van der Waals surface area contributed by atoms with Crippen LogP contribution in [0.5, 0.6) is 0 Å². The van der Waals surface area contributed by atoms with Crippen molar-refractivity contribution >= 4 is 0 Å². The Morgan fingerprint density at radius 2 is 2.27 bits per heavy atom. The largest absolute Gasteiger partial charge is 0.390 e. The van der Waals surface area contributed by atoms with E-state index in [0.29, 0.717) is 12.8 Å². The first-order valence-corrected chi connectivity index (χ1v) is 3.81. The van der Waals surface area contributed by atoms with Gasteiger partial charge < -0.3 is 10.8 Å². The van der Waals surface area contributed by atoms with Crippen molar-refractivity contribution < 1.29 is 13.9 Å². The number of rotatable bonds is 1. The van der Waals surface area contributed by atoms with Crippen LogP contribution in [0.1, 0.15) is 19.3 Å². The third-order valence-electron chi connectivity index (χ3n) is 2.26. The van der Waals surface area contributed by atoms with Crippen LogP contribution in [0, 0.1) is 0 Å². The Balaban J connectivity index is 2.64. The normalized spacial score (nSPS) is 45.8. The summed E-state index contributed by atoms with van der Waals surface area (Å²) in [5, 5.41) is 8.97. The molecule has 66 valence electrons. The molecule has 0 radical (unpaired) electrons. The van der Waals surface area contributed by atoms with Crippen LogP contribution in [0.15, 0.2) is 0 Å². The smallest absolute Gasteiger partial charge is 0.161 e. The van der Waals surface area contributed by atoms with Crippen LogP contribution < -0.4 is 5.73 Å². The Morgan fingerprint density at radius 3 is 2.73 bits per heavy atom. The van der Waals surface area contributed by atoms with Gasteiger partial charge in [-0.25, -0.2) is 8.78 Å². The molecule has 0 aromatic heterocycles. The van der Waals surface area contributed by atoms with E-state index >= 15 is 0 Å². The van der Waals surface area contributed by atoms with Gasteiger partial charge in [0.2, 0.25) is 0 Å². The monoisotopic (exact) mass is 165 g/mol. The molecule has 0 spiro atoms. The second-order valence-corrected chi connectivity index (χ2v) is 3.10. The molecule has 1 fully saturated rings. The first-order valence-electron chi connectivity index (χ1n) is 3.81. The van der Waals surface area contributed by atoms with Crippen molar-refractivity contribution in [2.24, 2.45) is 5.73 Å². The zero-order valence-electron chi connectivity index (χ0n) is 6.26. The number of aliphatic hydroxyl groups excluding tert-OH is 1. The van der Waals surface area contributed by atoms with Crippen molar-refractivity contribution in [3.8, 4) is 0 Å². The Bertz CT molecular complexity index is 144. The predicted molar refractivity (Wildman–Crippen MR) is 37.6 cm³/mol. The van der Waals surface area contributed by atoms with E-state index in [0.717, 1.165) is 0 Å². The number of hydrogen-bond donors (Lipinski definition) is 2. The van der Waals surface area contributed by atoms with Gasteiger partial charge >= 0.3 is 0 Å². The summed E-state index contributed by atoms with van der Waals surface area (Å²) in [6, 6.07) is 0. The highest BCUT2D eigenvalue weighted by Crippen LogP contribution is 2.33. The number of nitrogens with two attached hydrogens (primary N) is 1. The maximum atomic E-state index is 13.3. The minimum absolute atomic E-state index is 0.127. The zero-order chi connectivity index (χ0) is 8.48. The van der Waals surface area contributed by atoms with Gasteiger partial charge in [0.15, 0.2) is 11.8 Å². The van der Waals surface area contributed by atoms with Gasteiger partial charge in [-0.3, -0.25) is 0 Å². The van der Waals surface area contributed by atoms with Crippen LogP contribution >= 0.6 is 0 Å². The molecule has 0 aromatic rings. The SMILES string of the molecule is NCC1(F)CCCC(O)C1F. The van der Waals surface area contributed by atoms with Crippen LogP contribution in [0.3, 0.4) is 0 Å². The Labute approximate surface area is 64.4 Å². The molecule has 1 saturated carbocycles. The highest BCUT2D eigenvalue weighted by Gasteiger charge is 2.45. The number of halogens is 2. The molecule has 0 bridgehead atoms. The van der Waals surface area contributed by atoms with E-state index in [4.69, 9.17) is 10.8 Å². The van der Waals surface area contributed by atoms with Crippen LogP contribution in [-0.2, 0) is 0 Å². The lowest BCUT2D eigenvalue weighted by molar-refractivity contribution is -0.0622. The maximum absolute atomic E-state index is 13.3. The molecule has 0 aromatic carbocycles. The van der Waals surface area contributed by atoms with Gasteiger partial charge in [-0.15, -0.1) is 0 Å². The Hall–Kier alpha value is -0.220. The highest BCUT2D eigenvalue weighted by molar-refractivity contribution is 4.96. The van der Waals surface area contributed by atoms with Crippen molar-refractivity contribution in [1.29, 1.82) is 0 Å². The summed E-state index contributed by atoms with van der Waals surface area (Å²) in [6.45, 7) is -0.342. The Morgan fingerprint density at radius 1 is 1.64 bits per heavy atom. The van der Waals surface area contributed by atoms with E-state index < -0.39 is 17.9 Å². The zero-order valence-corrected chi connectivity index (χ0v) is 6.26. The van der Waals surface area contributed by atoms with Crippen molar-refractivity contribution in [2.45, 2.75) is 37.2 Å². The summed E-state index contributed by atoms with van der Waals surface area (Å²) >= 11 is 0. The summed E-state index contributed by atoms with van der Waals surface area (Å²) in [4.78, 5) is 0. The van der Waals surface area contributed by atoms with Crippen LogP contribution in [-0.4, -0.2) is 29.6 Å². The minimum Gasteiger partial charge on any atom is -0.390 e. The summed E-state index contributed by atoms with van der Waals surface area (Å²) in [5.41, 5.74) is 3.08. The molecule has 0 heterocycles. The molecule has 4 heteroatoms. The highest BCUT2D eigenvalue weighted by atomic mass is 19.2. The van der Waals surface area contributed by atoms with Gasteiger partial charge in [0.1, 0.15) is 0 Å². The van der Waals surface area contributed by atoms with Gasteiger partial charge in [0, 0.05) is 6.54 Å². The van der Waals surface area contributed by atoms with E-state index in [-0.39, 0.29) is 13.0 Å². The number of aliphatic hydroxyl groups is 1. The average molecular weight is 165 g/mol. The van der Waals surface area contributed by atoms with Crippen molar-refractivity contribution in [2.75, 3.05) is 6.54 Å². The van der Waals surface area contributed by atoms with Gasteiger partial charge in [-0.05, 0) is 19.3 Å². The fourth-order valence-electron chi connectivity index (χ4n) is 1.45. The van der Waals surface area contributed by atoms with Gasteiger partial charge in [-0.1, -0.05) is 0 Å². The first kappa shape index (κ1) is 8.87. The van der Waals surface area contributed by atoms with E-state index in [1.807, 2.05) is 0 Å². The quantitative estimate of drug-likeness (QED) is 0.595. The first-order chi connectivity index (χ1) is 5.10. The lowest BCUT2D eigenvalue weighted by Gasteiger charge is -2.34. The molecule has 0 amide bonds. The van der Waals surface area contributed by atoms with Crippen LogP contribution in [0.2, 0.25) is 0 Å². The lowest BCUT2D eigenvalue weighted by Crippen LogP contribution is -2.51. The lowest BCUT2D eigenvalue weighted by atomic mass is 9.83. The molecule has 3 N–H and O–H groups in total. The molecule has 3 unspecified atom stereocenters. The van der Waals surface area contributed by atoms with Gasteiger partial charge in [-0.2, -0.15) is 0 Å². The van der Waals surface area contributed by atoms with Crippen molar-refractivity contribution in [3.05, 3.63) is 0 Å². The maximum Gasteiger partial charge on any atom is 0.161 e. The predicted octanol–water partition coefficient (Wildman–Crippen LogP) is 0.536. The molecule has 0 saturated heterocycles. The number of hydrogen-bond acceptors (Lipinski definition) is 2. The Kier molecular flexibility index (Phi) is 2.44. The molecule has 1 rings (SSSR count). The second kappa shape index (κ2) is 3.03. The summed E-state index contributed by atoms with van der Waals surface area (Å²) in [7, 11) is 0. The topological polar surface area (TPSA) is 46.2 Å². The van der Waals surface area contributed by atoms with Crippen LogP contribution in [0.25, 0.3) is 0 Å². The van der Waals surface area contributed by atoms with Crippen molar-refractivity contribution in [1.82, 2.24) is 0 Å². The summed E-state index contributed by atoms with van der Waals surface area (Å²) in [5.74, 6) is 0. The third kappa shape index (κ3) is 1.51. The minimum atomic E-state index is -1.99. The molecular formula is C7H13F2NO. The van der Waals surface area contributed by atoms with Gasteiger partial charge in [0.25, 0.3) is 0 Å². The average Bonchev–Trinajstić information content (AvgIpc) is 2.00. The number of alkyl halides is 2. The molecular weight excluding hydrogens is 152 g/mol. The fourth-order valence-corrected chi connectivity index (χ4v) is 1.45. The third-order valence-corrected chi connectivity index (χ3v) is 2.26. The van der Waals surface area contributed by atoms with Crippen LogP contribution in [0.4, 0.5) is 8.78 Å². The van der Waals surface area contributed by atoms with Crippen molar-refractivity contribution in [3.63, 3.8) is 0 Å². The molecule has 0 aliphatic heterocycles. The van der Waals surface area contributed by atoms with E-state index in [1.54, 1.807) is 0 Å². The molecule has 1 aliphatic rings. The molecule has 3 atom stereocenters. The molecule has 2 nitrogen and oxygen atoms in total. The molecule has 11 heavy (non-hydrogen) atoms. The summed E-state index contributed by atoms with van der Waals surface area (Å²) < 4.78 is 26.2. The summed E-state index contributed by atoms with van der Waals surface area (Å²) in [6.07, 6.45) is -2.00. The molecule has 1 aliphatic carbocycles. The fraction of sp³-hybridized carbons (Fsp3) is 1.00. The standard InChI is InChI=1S/C7H13F2NO/c8-6-5(11)2-1-3-7(6,9)4-10/h5-6,11H,1-4,10H2. The second-order valence-electron chi connectivity index (χ2n) is 3.10. The van der Waals surface area contributed by atoms with E-state index in [2.05, 4.69) is 0 Å². The van der Waals surface area contributed by atoms with Gasteiger partial charge in [0.05, 0.1) is 6.10 Å².